The van der Waals surface area contributed by atoms with Crippen LogP contribution in [0.4, 0.5) is 5.69 Å². The predicted octanol–water partition coefficient (Wildman–Crippen LogP) is 3.06. The fraction of sp³-hybridized carbons (Fsp3) is 0.0952. The molecule has 2 aliphatic heterocycles. The second-order valence-corrected chi connectivity index (χ2v) is 6.56. The molecule has 2 aromatic carbocycles. The van der Waals surface area contributed by atoms with E-state index in [-0.39, 0.29) is 30.0 Å². The van der Waals surface area contributed by atoms with Crippen LogP contribution >= 0.6 is 0 Å². The van der Waals surface area contributed by atoms with Crippen molar-refractivity contribution >= 4 is 23.4 Å². The average Bonchev–Trinajstić information content (AvgIpc) is 3.45. The Morgan fingerprint density at radius 3 is 2.62 bits per heavy atom. The molecular formula is C21H14N2O6. The summed E-state index contributed by atoms with van der Waals surface area (Å²) in [7, 11) is 0. The zero-order chi connectivity index (χ0) is 20.0. The number of anilines is 1. The van der Waals surface area contributed by atoms with E-state index in [4.69, 9.17) is 13.9 Å². The van der Waals surface area contributed by atoms with Crippen molar-refractivity contribution in [2.75, 3.05) is 12.1 Å². The molecule has 3 heterocycles. The number of imide groups is 1. The number of carbonyl (C=O) groups is 3. The lowest BCUT2D eigenvalue weighted by Gasteiger charge is -2.11. The fourth-order valence-corrected chi connectivity index (χ4v) is 3.31. The zero-order valence-electron chi connectivity index (χ0n) is 15.0. The Bertz CT molecular complexity index is 1150. The third-order valence-corrected chi connectivity index (χ3v) is 4.76. The summed E-state index contributed by atoms with van der Waals surface area (Å²) in [5, 5.41) is 2.75. The van der Waals surface area contributed by atoms with Crippen LogP contribution in [0.5, 0.6) is 11.5 Å². The predicted molar refractivity (Wildman–Crippen MR) is 99.9 cm³/mol. The average molecular weight is 390 g/mol. The van der Waals surface area contributed by atoms with Crippen LogP contribution in [0.2, 0.25) is 0 Å². The van der Waals surface area contributed by atoms with Crippen LogP contribution in [-0.2, 0) is 6.54 Å². The van der Waals surface area contributed by atoms with E-state index in [0.29, 0.717) is 22.9 Å². The standard InChI is InChI=1S/C21H14N2O6/c24-19(22-13-4-6-17-18(9-13)29-11-28-17)12-3-5-15-16(8-12)21(26)23(20(15)25)10-14-2-1-7-27-14/h1-9H,10-11H2,(H,22,24). The number of fused-ring (bicyclic) bond motifs is 2. The van der Waals surface area contributed by atoms with Crippen molar-refractivity contribution in [2.45, 2.75) is 6.54 Å². The lowest BCUT2D eigenvalue weighted by atomic mass is 10.1. The number of ether oxygens (including phenoxy) is 2. The molecule has 0 radical (unpaired) electrons. The number of benzene rings is 2. The number of nitrogens with one attached hydrogen (secondary N) is 1. The van der Waals surface area contributed by atoms with Crippen molar-refractivity contribution in [1.82, 2.24) is 4.90 Å². The third kappa shape index (κ3) is 2.91. The summed E-state index contributed by atoms with van der Waals surface area (Å²) < 4.78 is 15.8. The third-order valence-electron chi connectivity index (χ3n) is 4.76. The van der Waals surface area contributed by atoms with E-state index in [9.17, 15) is 14.4 Å². The quantitative estimate of drug-likeness (QED) is 0.688. The molecule has 0 bridgehead atoms. The van der Waals surface area contributed by atoms with Gasteiger partial charge in [0, 0.05) is 17.3 Å². The number of furan rings is 1. The van der Waals surface area contributed by atoms with E-state index in [1.165, 1.54) is 24.5 Å². The molecule has 144 valence electrons. The highest BCUT2D eigenvalue weighted by atomic mass is 16.7. The molecule has 3 amide bonds. The number of rotatable bonds is 4. The maximum Gasteiger partial charge on any atom is 0.261 e. The molecule has 0 unspecified atom stereocenters. The van der Waals surface area contributed by atoms with Gasteiger partial charge in [0.25, 0.3) is 17.7 Å². The summed E-state index contributed by atoms with van der Waals surface area (Å²) in [6, 6.07) is 12.9. The van der Waals surface area contributed by atoms with Crippen LogP contribution in [0.15, 0.2) is 59.2 Å². The molecule has 8 nitrogen and oxygen atoms in total. The molecule has 0 saturated heterocycles. The van der Waals surface area contributed by atoms with E-state index in [1.807, 2.05) is 0 Å². The van der Waals surface area contributed by atoms with Gasteiger partial charge < -0.3 is 19.2 Å². The van der Waals surface area contributed by atoms with Gasteiger partial charge in [0.05, 0.1) is 23.9 Å². The summed E-state index contributed by atoms with van der Waals surface area (Å²) in [5.41, 5.74) is 1.25. The minimum absolute atomic E-state index is 0.0398. The SMILES string of the molecule is O=C(Nc1ccc2c(c1)OCO2)c1ccc2c(c1)C(=O)N(Cc1ccco1)C2=O. The molecular weight excluding hydrogens is 376 g/mol. The number of hydrogen-bond donors (Lipinski definition) is 1. The first-order chi connectivity index (χ1) is 14.1. The number of hydrogen-bond acceptors (Lipinski definition) is 6. The first kappa shape index (κ1) is 17.1. The van der Waals surface area contributed by atoms with Crippen LogP contribution in [0.25, 0.3) is 0 Å². The summed E-state index contributed by atoms with van der Waals surface area (Å²) in [6.07, 6.45) is 1.48. The smallest absolute Gasteiger partial charge is 0.261 e. The van der Waals surface area contributed by atoms with Gasteiger partial charge in [-0.1, -0.05) is 0 Å². The summed E-state index contributed by atoms with van der Waals surface area (Å²) >= 11 is 0. The van der Waals surface area contributed by atoms with E-state index < -0.39 is 17.7 Å². The molecule has 0 fully saturated rings. The fourth-order valence-electron chi connectivity index (χ4n) is 3.31. The Labute approximate surface area is 164 Å². The first-order valence-corrected chi connectivity index (χ1v) is 8.84. The Balaban J connectivity index is 1.37. The van der Waals surface area contributed by atoms with Gasteiger partial charge in [-0.3, -0.25) is 19.3 Å². The van der Waals surface area contributed by atoms with Gasteiger partial charge in [-0.05, 0) is 42.5 Å². The monoisotopic (exact) mass is 390 g/mol. The Morgan fingerprint density at radius 2 is 1.79 bits per heavy atom. The van der Waals surface area contributed by atoms with Crippen LogP contribution in [-0.4, -0.2) is 29.4 Å². The molecule has 0 aliphatic carbocycles. The molecule has 3 aromatic rings. The Kier molecular flexibility index (Phi) is 3.83. The van der Waals surface area contributed by atoms with Gasteiger partial charge in [-0.2, -0.15) is 0 Å². The van der Waals surface area contributed by atoms with Crippen molar-refractivity contribution in [3.63, 3.8) is 0 Å². The molecule has 5 rings (SSSR count). The second kappa shape index (κ2) is 6.52. The maximum atomic E-state index is 12.7. The van der Waals surface area contributed by atoms with Crippen molar-refractivity contribution in [3.05, 3.63) is 77.2 Å². The molecule has 0 spiro atoms. The van der Waals surface area contributed by atoms with Gasteiger partial charge in [-0.15, -0.1) is 0 Å². The highest BCUT2D eigenvalue weighted by molar-refractivity contribution is 6.22. The number of carbonyl (C=O) groups excluding carboxylic acids is 3. The normalized spacial score (nSPS) is 14.3. The van der Waals surface area contributed by atoms with Crippen molar-refractivity contribution in [3.8, 4) is 11.5 Å². The summed E-state index contributed by atoms with van der Waals surface area (Å²) in [5.74, 6) is 0.382. The lowest BCUT2D eigenvalue weighted by Crippen LogP contribution is -2.28. The second-order valence-electron chi connectivity index (χ2n) is 6.56. The van der Waals surface area contributed by atoms with Crippen LogP contribution < -0.4 is 14.8 Å². The molecule has 8 heteroatoms. The van der Waals surface area contributed by atoms with Gasteiger partial charge in [0.1, 0.15) is 5.76 Å². The van der Waals surface area contributed by atoms with E-state index in [2.05, 4.69) is 5.32 Å². The van der Waals surface area contributed by atoms with Gasteiger partial charge in [0.2, 0.25) is 6.79 Å². The molecule has 0 atom stereocenters. The molecule has 2 aliphatic rings. The minimum atomic E-state index is -0.459. The van der Waals surface area contributed by atoms with Crippen molar-refractivity contribution in [2.24, 2.45) is 0 Å². The van der Waals surface area contributed by atoms with Gasteiger partial charge in [0.15, 0.2) is 11.5 Å². The highest BCUT2D eigenvalue weighted by Crippen LogP contribution is 2.34. The number of nitrogens with zero attached hydrogens (tertiary/aromatic N) is 1. The topological polar surface area (TPSA) is 98.1 Å². The van der Waals surface area contributed by atoms with Crippen LogP contribution in [0.1, 0.15) is 36.8 Å². The van der Waals surface area contributed by atoms with E-state index in [1.54, 1.807) is 30.3 Å². The maximum absolute atomic E-state index is 12.7. The molecule has 0 saturated carbocycles. The van der Waals surface area contributed by atoms with E-state index in [0.717, 1.165) is 4.90 Å². The van der Waals surface area contributed by atoms with E-state index >= 15 is 0 Å². The van der Waals surface area contributed by atoms with Gasteiger partial charge >= 0.3 is 0 Å². The Hall–Kier alpha value is -4.07. The molecule has 1 N–H and O–H groups in total. The molecule has 29 heavy (non-hydrogen) atoms. The Morgan fingerprint density at radius 1 is 0.966 bits per heavy atom. The zero-order valence-corrected chi connectivity index (χ0v) is 15.0. The van der Waals surface area contributed by atoms with Crippen LogP contribution in [0.3, 0.4) is 0 Å². The van der Waals surface area contributed by atoms with Crippen molar-refractivity contribution < 1.29 is 28.3 Å². The summed E-state index contributed by atoms with van der Waals surface area (Å²) in [4.78, 5) is 39.0. The summed E-state index contributed by atoms with van der Waals surface area (Å²) in [6.45, 7) is 0.181. The van der Waals surface area contributed by atoms with Gasteiger partial charge in [-0.25, -0.2) is 0 Å². The first-order valence-electron chi connectivity index (χ1n) is 8.84. The number of amides is 3. The van der Waals surface area contributed by atoms with Crippen LogP contribution in [0, 0.1) is 0 Å². The largest absolute Gasteiger partial charge is 0.467 e. The minimum Gasteiger partial charge on any atom is -0.467 e. The highest BCUT2D eigenvalue weighted by Gasteiger charge is 2.36. The van der Waals surface area contributed by atoms with Crippen molar-refractivity contribution in [1.29, 1.82) is 0 Å². The molecule has 1 aromatic heterocycles. The lowest BCUT2D eigenvalue weighted by molar-refractivity contribution is 0.0631.